The second-order valence-electron chi connectivity index (χ2n) is 7.71. The lowest BCUT2D eigenvalue weighted by molar-refractivity contribution is -0.130. The van der Waals surface area contributed by atoms with Gasteiger partial charge in [-0.05, 0) is 49.4 Å². The van der Waals surface area contributed by atoms with Gasteiger partial charge in [0.15, 0.2) is 5.16 Å². The van der Waals surface area contributed by atoms with Gasteiger partial charge in [-0.3, -0.25) is 14.2 Å². The molecular weight excluding hydrogens is 382 g/mol. The molecule has 1 atom stereocenters. The molecule has 2 heterocycles. The largest absolute Gasteiger partial charge is 0.342 e. The smallest absolute Gasteiger partial charge is 0.266 e. The van der Waals surface area contributed by atoms with Crippen LogP contribution >= 0.6 is 11.8 Å². The molecule has 1 saturated heterocycles. The van der Waals surface area contributed by atoms with E-state index in [1.807, 2.05) is 54.3 Å². The van der Waals surface area contributed by atoms with Gasteiger partial charge in [0.05, 0.1) is 22.3 Å². The first-order chi connectivity index (χ1) is 14.0. The van der Waals surface area contributed by atoms with E-state index < -0.39 is 0 Å². The first kappa shape index (κ1) is 19.7. The van der Waals surface area contributed by atoms with E-state index in [0.29, 0.717) is 22.0 Å². The minimum Gasteiger partial charge on any atom is -0.342 e. The topological polar surface area (TPSA) is 55.2 Å². The molecule has 1 aliphatic heterocycles. The Hall–Kier alpha value is -2.60. The van der Waals surface area contributed by atoms with Crippen molar-refractivity contribution in [2.45, 2.75) is 31.8 Å². The molecular formula is C23H25N3O2S. The lowest BCUT2D eigenvalue weighted by Gasteiger charge is -2.30. The van der Waals surface area contributed by atoms with E-state index in [9.17, 15) is 9.59 Å². The lowest BCUT2D eigenvalue weighted by atomic mass is 10.0. The summed E-state index contributed by atoms with van der Waals surface area (Å²) >= 11 is 1.34. The van der Waals surface area contributed by atoms with Crippen LogP contribution in [0.3, 0.4) is 0 Å². The van der Waals surface area contributed by atoms with Crippen LogP contribution in [0.25, 0.3) is 16.6 Å². The van der Waals surface area contributed by atoms with Crippen molar-refractivity contribution in [3.63, 3.8) is 0 Å². The maximum Gasteiger partial charge on any atom is 0.266 e. The number of nitrogens with zero attached hydrogens (tertiary/aromatic N) is 3. The molecule has 0 bridgehead atoms. The fraction of sp³-hybridized carbons (Fsp3) is 0.348. The van der Waals surface area contributed by atoms with E-state index in [1.54, 1.807) is 10.6 Å². The van der Waals surface area contributed by atoms with Crippen molar-refractivity contribution in [2.24, 2.45) is 5.92 Å². The van der Waals surface area contributed by atoms with Crippen LogP contribution in [0.1, 0.15) is 25.3 Å². The third kappa shape index (κ3) is 4.08. The fourth-order valence-corrected chi connectivity index (χ4v) is 4.78. The SMILES string of the molecule is Cc1ccccc1-n1c(SCC(=O)N2CCC[C@H](C)C2)nc2ccccc2c1=O. The van der Waals surface area contributed by atoms with Crippen molar-refractivity contribution in [3.05, 3.63) is 64.4 Å². The monoisotopic (exact) mass is 407 g/mol. The molecule has 0 unspecified atom stereocenters. The number of fused-ring (bicyclic) bond motifs is 1. The highest BCUT2D eigenvalue weighted by atomic mass is 32.2. The van der Waals surface area contributed by atoms with Crippen LogP contribution in [-0.4, -0.2) is 39.2 Å². The van der Waals surface area contributed by atoms with Crippen molar-refractivity contribution in [1.29, 1.82) is 0 Å². The first-order valence-electron chi connectivity index (χ1n) is 10.0. The fourth-order valence-electron chi connectivity index (χ4n) is 3.87. The zero-order valence-electron chi connectivity index (χ0n) is 16.8. The Labute approximate surface area is 174 Å². The summed E-state index contributed by atoms with van der Waals surface area (Å²) in [6.45, 7) is 5.80. The summed E-state index contributed by atoms with van der Waals surface area (Å²) in [5.41, 5.74) is 2.34. The number of benzene rings is 2. The Balaban J connectivity index is 1.71. The van der Waals surface area contributed by atoms with E-state index in [2.05, 4.69) is 6.92 Å². The minimum absolute atomic E-state index is 0.105. The zero-order chi connectivity index (χ0) is 20.4. The summed E-state index contributed by atoms with van der Waals surface area (Å²) in [5.74, 6) is 0.936. The maximum absolute atomic E-state index is 13.3. The van der Waals surface area contributed by atoms with Crippen LogP contribution in [-0.2, 0) is 4.79 Å². The molecule has 0 spiro atoms. The third-order valence-corrected chi connectivity index (χ3v) is 6.36. The molecule has 4 rings (SSSR count). The van der Waals surface area contributed by atoms with Gasteiger partial charge in [-0.1, -0.05) is 49.0 Å². The Morgan fingerprint density at radius 1 is 1.17 bits per heavy atom. The van der Waals surface area contributed by atoms with Gasteiger partial charge in [-0.15, -0.1) is 0 Å². The lowest BCUT2D eigenvalue weighted by Crippen LogP contribution is -2.40. The molecule has 1 aliphatic rings. The first-order valence-corrected chi connectivity index (χ1v) is 11.0. The number of aromatic nitrogens is 2. The predicted molar refractivity (Wildman–Crippen MR) is 118 cm³/mol. The number of thioether (sulfide) groups is 1. The molecule has 1 fully saturated rings. The number of hydrogen-bond acceptors (Lipinski definition) is 4. The highest BCUT2D eigenvalue weighted by Gasteiger charge is 2.22. The Kier molecular flexibility index (Phi) is 5.72. The van der Waals surface area contributed by atoms with E-state index >= 15 is 0 Å². The summed E-state index contributed by atoms with van der Waals surface area (Å²) in [6, 6.07) is 15.1. The minimum atomic E-state index is -0.105. The molecule has 150 valence electrons. The van der Waals surface area contributed by atoms with E-state index in [4.69, 9.17) is 4.98 Å². The second kappa shape index (κ2) is 8.41. The van der Waals surface area contributed by atoms with Crippen LogP contribution < -0.4 is 5.56 Å². The van der Waals surface area contributed by atoms with E-state index in [1.165, 1.54) is 18.2 Å². The average Bonchev–Trinajstić information content (AvgIpc) is 2.73. The Morgan fingerprint density at radius 2 is 1.93 bits per heavy atom. The predicted octanol–water partition coefficient (Wildman–Crippen LogP) is 4.04. The molecule has 1 amide bonds. The van der Waals surface area contributed by atoms with Crippen molar-refractivity contribution in [1.82, 2.24) is 14.5 Å². The molecule has 5 nitrogen and oxygen atoms in total. The van der Waals surface area contributed by atoms with Crippen molar-refractivity contribution < 1.29 is 4.79 Å². The number of amides is 1. The van der Waals surface area contributed by atoms with Gasteiger partial charge in [0.2, 0.25) is 5.91 Å². The van der Waals surface area contributed by atoms with Crippen molar-refractivity contribution in [3.8, 4) is 5.69 Å². The Bertz CT molecular complexity index is 1110. The number of piperidine rings is 1. The van der Waals surface area contributed by atoms with Crippen LogP contribution in [0.15, 0.2) is 58.5 Å². The molecule has 6 heteroatoms. The molecule has 29 heavy (non-hydrogen) atoms. The van der Waals surface area contributed by atoms with Crippen molar-refractivity contribution in [2.75, 3.05) is 18.8 Å². The number of rotatable bonds is 4. The van der Waals surface area contributed by atoms with Gasteiger partial charge in [0.25, 0.3) is 5.56 Å². The standard InChI is InChI=1S/C23H25N3O2S/c1-16-8-7-13-25(14-16)21(27)15-29-23-24-19-11-5-4-10-18(19)22(28)26(23)20-12-6-3-9-17(20)2/h3-6,9-12,16H,7-8,13-15H2,1-2H3/t16-/m0/s1. The molecule has 2 aromatic carbocycles. The molecule has 0 N–H and O–H groups in total. The Morgan fingerprint density at radius 3 is 2.72 bits per heavy atom. The van der Waals surface area contributed by atoms with Crippen LogP contribution in [0.5, 0.6) is 0 Å². The number of likely N-dealkylation sites (tertiary alicyclic amines) is 1. The molecule has 0 radical (unpaired) electrons. The second-order valence-corrected chi connectivity index (χ2v) is 8.66. The summed E-state index contributed by atoms with van der Waals surface area (Å²) < 4.78 is 1.65. The number of carbonyl (C=O) groups is 1. The van der Waals surface area contributed by atoms with E-state index in [-0.39, 0.29) is 17.2 Å². The van der Waals surface area contributed by atoms with Crippen LogP contribution in [0, 0.1) is 12.8 Å². The number of carbonyl (C=O) groups excluding carboxylic acids is 1. The third-order valence-electron chi connectivity index (χ3n) is 5.44. The summed E-state index contributed by atoms with van der Waals surface area (Å²) in [6.07, 6.45) is 2.23. The summed E-state index contributed by atoms with van der Waals surface area (Å²) in [7, 11) is 0. The molecule has 3 aromatic rings. The molecule has 1 aromatic heterocycles. The van der Waals surface area contributed by atoms with Crippen LogP contribution in [0.2, 0.25) is 0 Å². The quantitative estimate of drug-likeness (QED) is 0.484. The summed E-state index contributed by atoms with van der Waals surface area (Å²) in [5, 5.41) is 1.14. The van der Waals surface area contributed by atoms with Gasteiger partial charge in [-0.2, -0.15) is 0 Å². The van der Waals surface area contributed by atoms with E-state index in [0.717, 1.165) is 30.8 Å². The molecule has 0 aliphatic carbocycles. The van der Waals surface area contributed by atoms with Crippen molar-refractivity contribution >= 4 is 28.6 Å². The highest BCUT2D eigenvalue weighted by Crippen LogP contribution is 2.24. The van der Waals surface area contributed by atoms with Gasteiger partial charge < -0.3 is 4.90 Å². The maximum atomic E-state index is 13.3. The normalized spacial score (nSPS) is 16.9. The molecule has 0 saturated carbocycles. The van der Waals surface area contributed by atoms with Gasteiger partial charge in [0, 0.05) is 13.1 Å². The van der Waals surface area contributed by atoms with Gasteiger partial charge >= 0.3 is 0 Å². The summed E-state index contributed by atoms with van der Waals surface area (Å²) in [4.78, 5) is 32.8. The highest BCUT2D eigenvalue weighted by molar-refractivity contribution is 7.99. The average molecular weight is 408 g/mol. The van der Waals surface area contributed by atoms with Crippen LogP contribution in [0.4, 0.5) is 0 Å². The number of para-hydroxylation sites is 2. The van der Waals surface area contributed by atoms with Gasteiger partial charge in [-0.25, -0.2) is 4.98 Å². The zero-order valence-corrected chi connectivity index (χ0v) is 17.6. The van der Waals surface area contributed by atoms with Gasteiger partial charge in [0.1, 0.15) is 0 Å². The number of hydrogen-bond donors (Lipinski definition) is 0. The number of aryl methyl sites for hydroxylation is 1.